The first-order valence-corrected chi connectivity index (χ1v) is 7.12. The molecule has 0 spiro atoms. The van der Waals surface area contributed by atoms with Crippen LogP contribution < -0.4 is 0 Å². The van der Waals surface area contributed by atoms with Crippen molar-refractivity contribution in [2.24, 2.45) is 7.05 Å². The number of aromatic nitrogens is 2. The van der Waals surface area contributed by atoms with E-state index in [1.54, 1.807) is 7.05 Å². The molecule has 2 heterocycles. The number of rotatable bonds is 4. The number of aliphatic hydroxyl groups is 1. The van der Waals surface area contributed by atoms with Crippen LogP contribution in [0.2, 0.25) is 0 Å². The number of aryl methyl sites for hydroxylation is 1. The fourth-order valence-corrected chi connectivity index (χ4v) is 4.12. The highest BCUT2D eigenvalue weighted by Gasteiger charge is 2.36. The van der Waals surface area contributed by atoms with Crippen molar-refractivity contribution in [3.8, 4) is 0 Å². The summed E-state index contributed by atoms with van der Waals surface area (Å²) in [5.41, 5.74) is 0. The van der Waals surface area contributed by atoms with Crippen molar-refractivity contribution in [2.75, 3.05) is 13.2 Å². The zero-order valence-electron chi connectivity index (χ0n) is 9.78. The summed E-state index contributed by atoms with van der Waals surface area (Å²) in [6.07, 6.45) is 3.64. The number of hydrogen-bond acceptors (Lipinski definition) is 4. The molecule has 1 atom stereocenters. The predicted octanol–water partition coefficient (Wildman–Crippen LogP) is -0.0444. The molecule has 1 aromatic heterocycles. The molecule has 1 unspecified atom stereocenters. The van der Waals surface area contributed by atoms with Gasteiger partial charge in [0.1, 0.15) is 0 Å². The largest absolute Gasteiger partial charge is 0.396 e. The molecule has 6 nitrogen and oxygen atoms in total. The normalized spacial score (nSPS) is 22.1. The Morgan fingerprint density at radius 2 is 2.35 bits per heavy atom. The van der Waals surface area contributed by atoms with Gasteiger partial charge in [-0.2, -0.15) is 9.40 Å². The third-order valence-electron chi connectivity index (χ3n) is 3.13. The van der Waals surface area contributed by atoms with Gasteiger partial charge >= 0.3 is 0 Å². The fourth-order valence-electron chi connectivity index (χ4n) is 2.30. The van der Waals surface area contributed by atoms with Gasteiger partial charge in [0.15, 0.2) is 5.03 Å². The Balaban J connectivity index is 2.30. The average molecular weight is 259 g/mol. The lowest BCUT2D eigenvalue weighted by molar-refractivity contribution is 0.246. The van der Waals surface area contributed by atoms with E-state index < -0.39 is 10.0 Å². The molecule has 1 fully saturated rings. The molecule has 1 aromatic rings. The zero-order valence-corrected chi connectivity index (χ0v) is 10.6. The minimum Gasteiger partial charge on any atom is -0.396 e. The van der Waals surface area contributed by atoms with Crippen LogP contribution in [0.15, 0.2) is 17.3 Å². The summed E-state index contributed by atoms with van der Waals surface area (Å²) in [5, 5.41) is 13.1. The first-order chi connectivity index (χ1) is 8.07. The summed E-state index contributed by atoms with van der Waals surface area (Å²) < 4.78 is 27.6. The summed E-state index contributed by atoms with van der Waals surface area (Å²) in [7, 11) is -1.86. The zero-order chi connectivity index (χ0) is 12.5. The van der Waals surface area contributed by atoms with Gasteiger partial charge in [0.2, 0.25) is 0 Å². The number of hydrogen-bond donors (Lipinski definition) is 1. The Labute approximate surface area is 101 Å². The van der Waals surface area contributed by atoms with E-state index in [2.05, 4.69) is 5.10 Å². The van der Waals surface area contributed by atoms with Gasteiger partial charge in [-0.1, -0.05) is 0 Å². The maximum absolute atomic E-state index is 12.4. The van der Waals surface area contributed by atoms with E-state index in [-0.39, 0.29) is 17.7 Å². The lowest BCUT2D eigenvalue weighted by atomic mass is 10.2. The second kappa shape index (κ2) is 4.75. The maximum atomic E-state index is 12.4. The van der Waals surface area contributed by atoms with Crippen LogP contribution in [-0.2, 0) is 17.1 Å². The summed E-state index contributed by atoms with van der Waals surface area (Å²) in [6, 6.07) is 1.42. The Bertz CT molecular complexity index is 483. The van der Waals surface area contributed by atoms with Crippen molar-refractivity contribution in [1.82, 2.24) is 14.1 Å². The number of sulfonamides is 1. The van der Waals surface area contributed by atoms with Gasteiger partial charge in [-0.3, -0.25) is 4.68 Å². The predicted molar refractivity (Wildman–Crippen MR) is 61.8 cm³/mol. The molecule has 0 amide bonds. The lowest BCUT2D eigenvalue weighted by Gasteiger charge is -2.23. The van der Waals surface area contributed by atoms with Crippen molar-refractivity contribution in [3.05, 3.63) is 12.3 Å². The average Bonchev–Trinajstić information content (AvgIpc) is 2.87. The first-order valence-electron chi connectivity index (χ1n) is 5.68. The van der Waals surface area contributed by atoms with Crippen LogP contribution in [0.4, 0.5) is 0 Å². The number of nitrogens with zero attached hydrogens (tertiary/aromatic N) is 3. The van der Waals surface area contributed by atoms with E-state index in [0.29, 0.717) is 13.0 Å². The quantitative estimate of drug-likeness (QED) is 0.823. The molecule has 17 heavy (non-hydrogen) atoms. The highest BCUT2D eigenvalue weighted by Crippen LogP contribution is 2.27. The Morgan fingerprint density at radius 1 is 1.59 bits per heavy atom. The minimum absolute atomic E-state index is 0.0159. The van der Waals surface area contributed by atoms with Crippen LogP contribution in [0.5, 0.6) is 0 Å². The highest BCUT2D eigenvalue weighted by molar-refractivity contribution is 7.89. The van der Waals surface area contributed by atoms with E-state index in [0.717, 1.165) is 12.8 Å². The van der Waals surface area contributed by atoms with E-state index in [9.17, 15) is 8.42 Å². The minimum atomic E-state index is -3.47. The molecule has 0 radical (unpaired) electrons. The standard InChI is InChI=1S/C10H17N3O3S/c1-12-10(4-6-11-12)17(15,16)13-7-2-3-9(13)5-8-14/h4,6,9,14H,2-3,5,7-8H2,1H3. The summed E-state index contributed by atoms with van der Waals surface area (Å²) in [4.78, 5) is 0. The Hall–Kier alpha value is -0.920. The molecular weight excluding hydrogens is 242 g/mol. The Kier molecular flexibility index (Phi) is 3.50. The van der Waals surface area contributed by atoms with E-state index in [1.807, 2.05) is 0 Å². The van der Waals surface area contributed by atoms with Crippen LogP contribution in [0, 0.1) is 0 Å². The molecule has 7 heteroatoms. The summed E-state index contributed by atoms with van der Waals surface area (Å²) in [6.45, 7) is 0.542. The van der Waals surface area contributed by atoms with Crippen LogP contribution in [0.25, 0.3) is 0 Å². The molecular formula is C10H17N3O3S. The van der Waals surface area contributed by atoms with Gasteiger partial charge < -0.3 is 5.11 Å². The third-order valence-corrected chi connectivity index (χ3v) is 5.16. The van der Waals surface area contributed by atoms with Crippen molar-refractivity contribution in [2.45, 2.75) is 30.3 Å². The van der Waals surface area contributed by atoms with Gasteiger partial charge in [0, 0.05) is 26.2 Å². The molecule has 0 aliphatic carbocycles. The van der Waals surface area contributed by atoms with Gasteiger partial charge in [-0.25, -0.2) is 8.42 Å². The SMILES string of the molecule is Cn1nccc1S(=O)(=O)N1CCCC1CCO. The highest BCUT2D eigenvalue weighted by atomic mass is 32.2. The molecule has 1 aliphatic heterocycles. The topological polar surface area (TPSA) is 75.4 Å². The van der Waals surface area contributed by atoms with Gasteiger partial charge in [-0.15, -0.1) is 0 Å². The molecule has 0 aromatic carbocycles. The first kappa shape index (κ1) is 12.5. The number of aliphatic hydroxyl groups excluding tert-OH is 1. The van der Waals surface area contributed by atoms with Gasteiger partial charge in [-0.05, 0) is 25.3 Å². The molecule has 1 aliphatic rings. The smallest absolute Gasteiger partial charge is 0.260 e. The lowest BCUT2D eigenvalue weighted by Crippen LogP contribution is -2.37. The second-order valence-electron chi connectivity index (χ2n) is 4.22. The van der Waals surface area contributed by atoms with Crippen molar-refractivity contribution < 1.29 is 13.5 Å². The summed E-state index contributed by atoms with van der Waals surface area (Å²) >= 11 is 0. The second-order valence-corrected chi connectivity index (χ2v) is 6.05. The van der Waals surface area contributed by atoms with Crippen molar-refractivity contribution in [1.29, 1.82) is 0 Å². The third kappa shape index (κ3) is 2.22. The van der Waals surface area contributed by atoms with Crippen molar-refractivity contribution in [3.63, 3.8) is 0 Å². The molecule has 0 bridgehead atoms. The van der Waals surface area contributed by atoms with Crippen LogP contribution in [0.3, 0.4) is 0 Å². The summed E-state index contributed by atoms with van der Waals surface area (Å²) in [5.74, 6) is 0. The van der Waals surface area contributed by atoms with Crippen LogP contribution in [-0.4, -0.2) is 46.8 Å². The molecule has 1 saturated heterocycles. The van der Waals surface area contributed by atoms with Gasteiger partial charge in [0.05, 0.1) is 6.20 Å². The van der Waals surface area contributed by atoms with E-state index in [4.69, 9.17) is 5.11 Å². The van der Waals surface area contributed by atoms with E-state index >= 15 is 0 Å². The molecule has 1 N–H and O–H groups in total. The Morgan fingerprint density at radius 3 is 2.94 bits per heavy atom. The maximum Gasteiger partial charge on any atom is 0.260 e. The van der Waals surface area contributed by atoms with Crippen LogP contribution >= 0.6 is 0 Å². The molecule has 0 saturated carbocycles. The van der Waals surface area contributed by atoms with Crippen LogP contribution in [0.1, 0.15) is 19.3 Å². The molecule has 96 valence electrons. The van der Waals surface area contributed by atoms with E-state index in [1.165, 1.54) is 21.3 Å². The van der Waals surface area contributed by atoms with Crippen molar-refractivity contribution >= 4 is 10.0 Å². The monoisotopic (exact) mass is 259 g/mol. The fraction of sp³-hybridized carbons (Fsp3) is 0.700. The van der Waals surface area contributed by atoms with Gasteiger partial charge in [0.25, 0.3) is 10.0 Å². The molecule has 2 rings (SSSR count).